The molecule has 0 aliphatic heterocycles. The quantitative estimate of drug-likeness (QED) is 0.486. The predicted octanol–water partition coefficient (Wildman–Crippen LogP) is 6.42. The second kappa shape index (κ2) is 7.85. The van der Waals surface area contributed by atoms with Crippen molar-refractivity contribution in [3.05, 3.63) is 63.2 Å². The van der Waals surface area contributed by atoms with E-state index in [0.29, 0.717) is 34.9 Å². The molecule has 1 aromatic carbocycles. The molecule has 2 heterocycles. The first-order valence-electron chi connectivity index (χ1n) is 11.4. The lowest BCUT2D eigenvalue weighted by atomic mass is 9.85. The molecule has 0 bridgehead atoms. The molecule has 0 N–H and O–H groups in total. The molecule has 0 spiro atoms. The van der Waals surface area contributed by atoms with Crippen LogP contribution in [0.15, 0.2) is 29.2 Å². The summed E-state index contributed by atoms with van der Waals surface area (Å²) in [5.41, 5.74) is 2.52. The molecular formula is C26H28F2N2O. The van der Waals surface area contributed by atoms with Crippen LogP contribution in [0, 0.1) is 31.4 Å². The van der Waals surface area contributed by atoms with Crippen LogP contribution in [0.5, 0.6) is 0 Å². The van der Waals surface area contributed by atoms with Crippen LogP contribution < -0.4 is 5.43 Å². The summed E-state index contributed by atoms with van der Waals surface area (Å²) in [5, 5.41) is 0.168. The Labute approximate surface area is 181 Å². The SMILES string of the molecule is Cc1cc(-c2c(F)cc3c(=O)c(CC4CCCCC4)cn(C4CC4)c3c2F)cc(C)n1. The van der Waals surface area contributed by atoms with Gasteiger partial charge in [0.1, 0.15) is 5.82 Å². The third-order valence-corrected chi connectivity index (χ3v) is 6.83. The maximum absolute atomic E-state index is 15.9. The van der Waals surface area contributed by atoms with E-state index in [0.717, 1.165) is 25.7 Å². The summed E-state index contributed by atoms with van der Waals surface area (Å²) >= 11 is 0. The number of fused-ring (bicyclic) bond motifs is 1. The molecular weight excluding hydrogens is 394 g/mol. The van der Waals surface area contributed by atoms with Crippen LogP contribution in [0.4, 0.5) is 8.78 Å². The maximum Gasteiger partial charge on any atom is 0.192 e. The molecule has 162 valence electrons. The molecule has 0 amide bonds. The lowest BCUT2D eigenvalue weighted by Gasteiger charge is -2.22. The fourth-order valence-corrected chi connectivity index (χ4v) is 5.23. The molecule has 3 aromatic rings. The van der Waals surface area contributed by atoms with Gasteiger partial charge in [0.15, 0.2) is 11.2 Å². The average Bonchev–Trinajstić information content (AvgIpc) is 3.56. The van der Waals surface area contributed by atoms with Gasteiger partial charge in [0.05, 0.1) is 16.5 Å². The maximum atomic E-state index is 15.9. The minimum atomic E-state index is -0.690. The number of aryl methyl sites for hydroxylation is 2. The Balaban J connectivity index is 1.71. The van der Waals surface area contributed by atoms with Gasteiger partial charge in [0, 0.05) is 29.2 Å². The molecule has 0 unspecified atom stereocenters. The van der Waals surface area contributed by atoms with Gasteiger partial charge in [-0.25, -0.2) is 8.78 Å². The van der Waals surface area contributed by atoms with Gasteiger partial charge < -0.3 is 4.57 Å². The van der Waals surface area contributed by atoms with Crippen molar-refractivity contribution in [2.24, 2.45) is 5.92 Å². The van der Waals surface area contributed by atoms with E-state index in [1.165, 1.54) is 25.3 Å². The van der Waals surface area contributed by atoms with Crippen LogP contribution in [0.1, 0.15) is 67.9 Å². The third kappa shape index (κ3) is 3.79. The molecule has 2 aliphatic rings. The van der Waals surface area contributed by atoms with Gasteiger partial charge in [-0.05, 0) is 62.8 Å². The zero-order chi connectivity index (χ0) is 21.7. The van der Waals surface area contributed by atoms with Crippen molar-refractivity contribution in [3.63, 3.8) is 0 Å². The fourth-order valence-electron chi connectivity index (χ4n) is 5.23. The van der Waals surface area contributed by atoms with Crippen LogP contribution in [-0.4, -0.2) is 9.55 Å². The molecule has 0 saturated heterocycles. The first kappa shape index (κ1) is 20.3. The normalized spacial score (nSPS) is 17.4. The van der Waals surface area contributed by atoms with Crippen molar-refractivity contribution in [1.82, 2.24) is 9.55 Å². The Hall–Kier alpha value is -2.56. The topological polar surface area (TPSA) is 34.9 Å². The van der Waals surface area contributed by atoms with E-state index in [1.807, 2.05) is 24.6 Å². The molecule has 3 nitrogen and oxygen atoms in total. The Kier molecular flexibility index (Phi) is 5.15. The van der Waals surface area contributed by atoms with E-state index < -0.39 is 11.6 Å². The molecule has 5 heteroatoms. The van der Waals surface area contributed by atoms with Gasteiger partial charge in [-0.15, -0.1) is 0 Å². The van der Waals surface area contributed by atoms with Gasteiger partial charge in [0.25, 0.3) is 0 Å². The number of pyridine rings is 2. The highest BCUT2D eigenvalue weighted by Crippen LogP contribution is 2.40. The highest BCUT2D eigenvalue weighted by atomic mass is 19.1. The number of nitrogens with zero attached hydrogens (tertiary/aromatic N) is 2. The van der Waals surface area contributed by atoms with Crippen LogP contribution in [0.25, 0.3) is 22.0 Å². The van der Waals surface area contributed by atoms with Crippen LogP contribution in [0.2, 0.25) is 0 Å². The van der Waals surface area contributed by atoms with Crippen molar-refractivity contribution < 1.29 is 8.78 Å². The zero-order valence-corrected chi connectivity index (χ0v) is 18.2. The minimum absolute atomic E-state index is 0.0741. The van der Waals surface area contributed by atoms with E-state index in [4.69, 9.17) is 0 Å². The molecule has 31 heavy (non-hydrogen) atoms. The van der Waals surface area contributed by atoms with E-state index in [-0.39, 0.29) is 27.9 Å². The molecule has 0 radical (unpaired) electrons. The van der Waals surface area contributed by atoms with Crippen molar-refractivity contribution in [2.75, 3.05) is 0 Å². The summed E-state index contributed by atoms with van der Waals surface area (Å²) in [5.74, 6) is -0.847. The van der Waals surface area contributed by atoms with E-state index in [2.05, 4.69) is 4.98 Å². The number of hydrogen-bond acceptors (Lipinski definition) is 2. The molecule has 2 fully saturated rings. The number of benzene rings is 1. The summed E-state index contributed by atoms with van der Waals surface area (Å²) < 4.78 is 33.0. The van der Waals surface area contributed by atoms with Crippen LogP contribution >= 0.6 is 0 Å². The number of halogens is 2. The van der Waals surface area contributed by atoms with E-state index in [9.17, 15) is 4.79 Å². The summed E-state index contributed by atoms with van der Waals surface area (Å²) in [6.07, 6.45) is 10.4. The number of aromatic nitrogens is 2. The first-order chi connectivity index (χ1) is 14.9. The van der Waals surface area contributed by atoms with Gasteiger partial charge in [0.2, 0.25) is 0 Å². The van der Waals surface area contributed by atoms with E-state index >= 15 is 8.78 Å². The summed E-state index contributed by atoms with van der Waals surface area (Å²) in [4.78, 5) is 17.6. The number of hydrogen-bond donors (Lipinski definition) is 0. The number of rotatable bonds is 4. The largest absolute Gasteiger partial charge is 0.342 e. The Bertz CT molecular complexity index is 1200. The molecule has 2 saturated carbocycles. The highest BCUT2D eigenvalue weighted by molar-refractivity contribution is 5.86. The second-order valence-electron chi connectivity index (χ2n) is 9.41. The molecule has 0 atom stereocenters. The molecule has 2 aliphatic carbocycles. The van der Waals surface area contributed by atoms with E-state index in [1.54, 1.807) is 12.1 Å². The van der Waals surface area contributed by atoms with Gasteiger partial charge in [-0.1, -0.05) is 32.1 Å². The summed E-state index contributed by atoms with van der Waals surface area (Å²) in [6, 6.07) is 4.82. The molecule has 2 aromatic heterocycles. The van der Waals surface area contributed by atoms with Crippen molar-refractivity contribution in [2.45, 2.75) is 71.3 Å². The lowest BCUT2D eigenvalue weighted by Crippen LogP contribution is -2.20. The minimum Gasteiger partial charge on any atom is -0.342 e. The Morgan fingerprint density at radius 2 is 1.68 bits per heavy atom. The van der Waals surface area contributed by atoms with Crippen molar-refractivity contribution in [3.8, 4) is 11.1 Å². The van der Waals surface area contributed by atoms with Crippen LogP contribution in [0.3, 0.4) is 0 Å². The summed E-state index contributed by atoms with van der Waals surface area (Å²) in [6.45, 7) is 3.62. The highest BCUT2D eigenvalue weighted by Gasteiger charge is 2.29. The van der Waals surface area contributed by atoms with Gasteiger partial charge >= 0.3 is 0 Å². The molecule has 5 rings (SSSR count). The Morgan fingerprint density at radius 3 is 2.32 bits per heavy atom. The Morgan fingerprint density at radius 1 is 1.00 bits per heavy atom. The van der Waals surface area contributed by atoms with Crippen molar-refractivity contribution >= 4 is 10.9 Å². The second-order valence-corrected chi connectivity index (χ2v) is 9.41. The van der Waals surface area contributed by atoms with Gasteiger partial charge in [-0.2, -0.15) is 0 Å². The van der Waals surface area contributed by atoms with Gasteiger partial charge in [-0.3, -0.25) is 9.78 Å². The fraction of sp³-hybridized carbons (Fsp3) is 0.462. The first-order valence-corrected chi connectivity index (χ1v) is 11.4. The summed E-state index contributed by atoms with van der Waals surface area (Å²) in [7, 11) is 0. The monoisotopic (exact) mass is 422 g/mol. The predicted molar refractivity (Wildman–Crippen MR) is 119 cm³/mol. The van der Waals surface area contributed by atoms with Crippen molar-refractivity contribution in [1.29, 1.82) is 0 Å². The zero-order valence-electron chi connectivity index (χ0n) is 18.2. The average molecular weight is 423 g/mol. The van der Waals surface area contributed by atoms with Crippen LogP contribution in [-0.2, 0) is 6.42 Å². The third-order valence-electron chi connectivity index (χ3n) is 6.83. The standard InChI is InChI=1S/C26H28F2N2O/c1-15-10-18(11-16(2)29-15)23-22(27)13-21-25(24(23)28)30(20-8-9-20)14-19(26(21)31)12-17-6-4-3-5-7-17/h10-11,13-14,17,20H,3-9,12H2,1-2H3. The lowest BCUT2D eigenvalue weighted by molar-refractivity contribution is 0.355. The smallest absolute Gasteiger partial charge is 0.192 e.